The zero-order chi connectivity index (χ0) is 16.3. The number of hydrogen-bond donors (Lipinski definition) is 2. The van der Waals surface area contributed by atoms with Crippen LogP contribution in [0.5, 0.6) is 0 Å². The molecule has 5 nitrogen and oxygen atoms in total. The molecule has 0 radical (unpaired) electrons. The van der Waals surface area contributed by atoms with Gasteiger partial charge in [0.15, 0.2) is 5.13 Å². The Balaban J connectivity index is 1.94. The van der Waals surface area contributed by atoms with E-state index >= 15 is 0 Å². The van der Waals surface area contributed by atoms with E-state index in [2.05, 4.69) is 46.8 Å². The second-order valence-electron chi connectivity index (χ2n) is 6.26. The molecule has 0 spiro atoms. The summed E-state index contributed by atoms with van der Waals surface area (Å²) in [5.41, 5.74) is 1.13. The van der Waals surface area contributed by atoms with Gasteiger partial charge in [-0.3, -0.25) is 10.1 Å². The highest BCUT2D eigenvalue weighted by Gasteiger charge is 2.22. The van der Waals surface area contributed by atoms with Crippen molar-refractivity contribution in [2.45, 2.75) is 52.1 Å². The van der Waals surface area contributed by atoms with E-state index < -0.39 is 0 Å². The lowest BCUT2D eigenvalue weighted by molar-refractivity contribution is -0.117. The van der Waals surface area contributed by atoms with Crippen LogP contribution in [0.1, 0.15) is 51.4 Å². The number of thiazole rings is 2. The largest absolute Gasteiger partial charge is 0.301 e. The maximum Gasteiger partial charge on any atom is 0.243 e. The molecule has 2 rings (SSSR count). The molecule has 0 aliphatic carbocycles. The fourth-order valence-corrected chi connectivity index (χ4v) is 3.45. The Hall–Kier alpha value is -1.31. The second-order valence-corrected chi connectivity index (χ2v) is 8.04. The van der Waals surface area contributed by atoms with E-state index in [1.54, 1.807) is 17.5 Å². The van der Waals surface area contributed by atoms with E-state index in [0.717, 1.165) is 10.7 Å². The highest BCUT2D eigenvalue weighted by atomic mass is 32.1. The molecule has 2 aromatic rings. The Morgan fingerprint density at radius 3 is 2.55 bits per heavy atom. The van der Waals surface area contributed by atoms with Gasteiger partial charge >= 0.3 is 0 Å². The number of nitrogens with one attached hydrogen (secondary N) is 2. The van der Waals surface area contributed by atoms with Crippen LogP contribution in [0.15, 0.2) is 17.0 Å². The van der Waals surface area contributed by atoms with E-state index in [1.165, 1.54) is 11.3 Å². The smallest absolute Gasteiger partial charge is 0.243 e. The maximum absolute atomic E-state index is 12.1. The minimum Gasteiger partial charge on any atom is -0.301 e. The van der Waals surface area contributed by atoms with Crippen LogP contribution in [0.4, 0.5) is 5.13 Å². The summed E-state index contributed by atoms with van der Waals surface area (Å²) in [6.45, 7) is 10.3. The molecule has 22 heavy (non-hydrogen) atoms. The van der Waals surface area contributed by atoms with Gasteiger partial charge in [0, 0.05) is 22.4 Å². The van der Waals surface area contributed by atoms with E-state index in [4.69, 9.17) is 0 Å². The number of anilines is 1. The molecule has 2 atom stereocenters. The summed E-state index contributed by atoms with van der Waals surface area (Å²) in [5, 5.41) is 11.6. The standard InChI is InChI=1S/C15H22N4OS2/c1-9(12(20)19-14-16-6-7-21-14)17-10(2)13-18-11(8-22-13)15(3,4)5/h6-10,17H,1-5H3,(H,16,19,20). The topological polar surface area (TPSA) is 66.9 Å². The third kappa shape index (κ3) is 4.34. The molecule has 0 aliphatic heterocycles. The summed E-state index contributed by atoms with van der Waals surface area (Å²) in [5.74, 6) is -0.0885. The summed E-state index contributed by atoms with van der Waals surface area (Å²) >= 11 is 3.04. The first-order chi connectivity index (χ1) is 10.3. The fourth-order valence-electron chi connectivity index (χ4n) is 1.85. The fraction of sp³-hybridized carbons (Fsp3) is 0.533. The van der Waals surface area contributed by atoms with Crippen LogP contribution in [-0.4, -0.2) is 21.9 Å². The third-order valence-corrected chi connectivity index (χ3v) is 4.93. The molecule has 0 saturated carbocycles. The first kappa shape index (κ1) is 17.1. The van der Waals surface area contributed by atoms with E-state index in [1.807, 2.05) is 19.2 Å². The van der Waals surface area contributed by atoms with Gasteiger partial charge in [0.05, 0.1) is 17.8 Å². The summed E-state index contributed by atoms with van der Waals surface area (Å²) in [7, 11) is 0. The summed E-state index contributed by atoms with van der Waals surface area (Å²) in [4.78, 5) is 20.9. The van der Waals surface area contributed by atoms with Crippen molar-refractivity contribution in [3.05, 3.63) is 27.7 Å². The number of nitrogens with zero attached hydrogens (tertiary/aromatic N) is 2. The highest BCUT2D eigenvalue weighted by Crippen LogP contribution is 2.27. The molecular formula is C15H22N4OS2. The Morgan fingerprint density at radius 2 is 2.00 bits per heavy atom. The summed E-state index contributed by atoms with van der Waals surface area (Å²) in [6.07, 6.45) is 1.67. The van der Waals surface area contributed by atoms with Crippen molar-refractivity contribution in [2.24, 2.45) is 0 Å². The number of carbonyl (C=O) groups excluding carboxylic acids is 1. The van der Waals surface area contributed by atoms with Crippen molar-refractivity contribution in [3.63, 3.8) is 0 Å². The van der Waals surface area contributed by atoms with Crippen molar-refractivity contribution in [1.29, 1.82) is 0 Å². The summed E-state index contributed by atoms with van der Waals surface area (Å²) < 4.78 is 0. The van der Waals surface area contributed by atoms with Crippen LogP contribution in [0.2, 0.25) is 0 Å². The molecule has 0 saturated heterocycles. The minimum atomic E-state index is -0.319. The van der Waals surface area contributed by atoms with Crippen LogP contribution < -0.4 is 10.6 Å². The maximum atomic E-state index is 12.1. The molecule has 7 heteroatoms. The number of hydrogen-bond acceptors (Lipinski definition) is 6. The summed E-state index contributed by atoms with van der Waals surface area (Å²) in [6, 6.07) is -0.293. The highest BCUT2D eigenvalue weighted by molar-refractivity contribution is 7.13. The molecule has 1 amide bonds. The molecule has 2 unspecified atom stereocenters. The molecular weight excluding hydrogens is 316 g/mol. The molecule has 0 aliphatic rings. The van der Waals surface area contributed by atoms with Gasteiger partial charge in [-0.1, -0.05) is 20.8 Å². The predicted molar refractivity (Wildman–Crippen MR) is 92.6 cm³/mol. The van der Waals surface area contributed by atoms with Crippen LogP contribution >= 0.6 is 22.7 Å². The third-order valence-electron chi connectivity index (χ3n) is 3.22. The minimum absolute atomic E-state index is 0.0261. The van der Waals surface area contributed by atoms with Gasteiger partial charge in [-0.15, -0.1) is 22.7 Å². The lowest BCUT2D eigenvalue weighted by Gasteiger charge is -2.18. The Kier molecular flexibility index (Phi) is 5.31. The van der Waals surface area contributed by atoms with E-state index in [9.17, 15) is 4.79 Å². The number of carbonyl (C=O) groups is 1. The average molecular weight is 339 g/mol. The molecule has 120 valence electrons. The lowest BCUT2D eigenvalue weighted by Crippen LogP contribution is -2.39. The molecule has 2 N–H and O–H groups in total. The zero-order valence-electron chi connectivity index (χ0n) is 13.5. The normalized spacial score (nSPS) is 14.6. The zero-order valence-corrected chi connectivity index (χ0v) is 15.1. The van der Waals surface area contributed by atoms with Crippen molar-refractivity contribution < 1.29 is 4.79 Å². The van der Waals surface area contributed by atoms with Gasteiger partial charge in [-0.25, -0.2) is 9.97 Å². The number of amides is 1. The number of aromatic nitrogens is 2. The van der Waals surface area contributed by atoms with Crippen molar-refractivity contribution in [1.82, 2.24) is 15.3 Å². The second kappa shape index (κ2) is 6.85. The number of rotatable bonds is 5. The predicted octanol–water partition coefficient (Wildman–Crippen LogP) is 3.57. The lowest BCUT2D eigenvalue weighted by atomic mass is 9.93. The van der Waals surface area contributed by atoms with Gasteiger partial charge < -0.3 is 5.32 Å². The van der Waals surface area contributed by atoms with Crippen LogP contribution in [0, 0.1) is 0 Å². The average Bonchev–Trinajstić information content (AvgIpc) is 3.08. The van der Waals surface area contributed by atoms with Gasteiger partial charge in [-0.05, 0) is 13.8 Å². The van der Waals surface area contributed by atoms with Crippen LogP contribution in [0.25, 0.3) is 0 Å². The molecule has 2 heterocycles. The molecule has 2 aromatic heterocycles. The first-order valence-electron chi connectivity index (χ1n) is 7.19. The molecule has 0 fully saturated rings. The monoisotopic (exact) mass is 338 g/mol. The Morgan fingerprint density at radius 1 is 1.27 bits per heavy atom. The van der Waals surface area contributed by atoms with E-state index in [0.29, 0.717) is 5.13 Å². The van der Waals surface area contributed by atoms with E-state index in [-0.39, 0.29) is 23.4 Å². The Bertz CT molecular complexity index is 616. The van der Waals surface area contributed by atoms with Crippen molar-refractivity contribution in [2.75, 3.05) is 5.32 Å². The van der Waals surface area contributed by atoms with Crippen LogP contribution in [-0.2, 0) is 10.2 Å². The molecule has 0 aromatic carbocycles. The first-order valence-corrected chi connectivity index (χ1v) is 8.95. The van der Waals surface area contributed by atoms with Gasteiger partial charge in [-0.2, -0.15) is 0 Å². The van der Waals surface area contributed by atoms with Gasteiger partial charge in [0.1, 0.15) is 5.01 Å². The molecule has 0 bridgehead atoms. The van der Waals surface area contributed by atoms with Crippen molar-refractivity contribution >= 4 is 33.7 Å². The SMILES string of the molecule is CC(NC(C)c1nc(C(C)(C)C)cs1)C(=O)Nc1nccs1. The van der Waals surface area contributed by atoms with Gasteiger partial charge in [0.25, 0.3) is 0 Å². The van der Waals surface area contributed by atoms with Crippen molar-refractivity contribution in [3.8, 4) is 0 Å². The quantitative estimate of drug-likeness (QED) is 0.874. The van der Waals surface area contributed by atoms with Gasteiger partial charge in [0.2, 0.25) is 5.91 Å². The van der Waals surface area contributed by atoms with Crippen LogP contribution in [0.3, 0.4) is 0 Å². The Labute approximate surface area is 139 Å².